The van der Waals surface area contributed by atoms with E-state index in [-0.39, 0.29) is 12.1 Å². The van der Waals surface area contributed by atoms with Crippen LogP contribution >= 0.6 is 0 Å². The zero-order chi connectivity index (χ0) is 13.1. The molecule has 0 amide bonds. The third-order valence-electron chi connectivity index (χ3n) is 2.64. The van der Waals surface area contributed by atoms with Gasteiger partial charge in [-0.2, -0.15) is 0 Å². The summed E-state index contributed by atoms with van der Waals surface area (Å²) in [7, 11) is 0. The molecule has 2 atom stereocenters. The van der Waals surface area contributed by atoms with Crippen LogP contribution in [0.1, 0.15) is 40.5 Å². The number of carbonyl (C=O) groups excluding carboxylic acids is 1. The van der Waals surface area contributed by atoms with Gasteiger partial charge in [-0.1, -0.05) is 13.3 Å². The molecule has 0 radical (unpaired) electrons. The molecule has 1 heterocycles. The molecule has 5 heteroatoms. The van der Waals surface area contributed by atoms with Gasteiger partial charge in [-0.15, -0.1) is 0 Å². The molecule has 5 nitrogen and oxygen atoms in total. The van der Waals surface area contributed by atoms with Crippen LogP contribution in [0.25, 0.3) is 0 Å². The van der Waals surface area contributed by atoms with E-state index >= 15 is 0 Å². The highest BCUT2D eigenvalue weighted by Crippen LogP contribution is 2.19. The van der Waals surface area contributed by atoms with Crippen LogP contribution in [-0.2, 0) is 9.53 Å². The summed E-state index contributed by atoms with van der Waals surface area (Å²) in [6.45, 7) is 7.41. The molecule has 0 aromatic heterocycles. The lowest BCUT2D eigenvalue weighted by Gasteiger charge is -2.22. The van der Waals surface area contributed by atoms with Gasteiger partial charge in [-0.3, -0.25) is 10.3 Å². The van der Waals surface area contributed by atoms with Gasteiger partial charge in [-0.25, -0.2) is 4.79 Å². The van der Waals surface area contributed by atoms with E-state index in [9.17, 15) is 9.90 Å². The predicted octanol–water partition coefficient (Wildman–Crippen LogP) is 0.859. The van der Waals surface area contributed by atoms with E-state index in [2.05, 4.69) is 17.2 Å². The molecule has 0 unspecified atom stereocenters. The number of nitrogens with one attached hydrogen (secondary N) is 1. The summed E-state index contributed by atoms with van der Waals surface area (Å²) in [5, 5.41) is 13.1. The van der Waals surface area contributed by atoms with Crippen molar-refractivity contribution in [2.24, 2.45) is 4.99 Å². The monoisotopic (exact) mass is 242 g/mol. The van der Waals surface area contributed by atoms with Crippen molar-refractivity contribution in [3.8, 4) is 0 Å². The fourth-order valence-corrected chi connectivity index (χ4v) is 1.89. The van der Waals surface area contributed by atoms with Gasteiger partial charge in [0.1, 0.15) is 12.2 Å². The minimum atomic E-state index is -1.10. The molecule has 0 aromatic carbocycles. The van der Waals surface area contributed by atoms with E-state index in [1.165, 1.54) is 0 Å². The number of esters is 1. The first-order valence-corrected chi connectivity index (χ1v) is 6.13. The van der Waals surface area contributed by atoms with E-state index in [0.29, 0.717) is 12.3 Å². The first-order chi connectivity index (χ1) is 7.90. The Morgan fingerprint density at radius 2 is 2.18 bits per heavy atom. The SMILES string of the molecule is CCC[C@@H]1N=C(C(C)(C)O)[C@H](C(=O)OCC)N1. The molecule has 0 saturated heterocycles. The van der Waals surface area contributed by atoms with E-state index in [1.807, 2.05) is 0 Å². The number of hydrogen-bond acceptors (Lipinski definition) is 5. The molecule has 1 rings (SSSR count). The molecule has 0 saturated carbocycles. The Bertz CT molecular complexity index is 307. The van der Waals surface area contributed by atoms with Crippen LogP contribution in [0, 0.1) is 0 Å². The molecule has 0 bridgehead atoms. The minimum absolute atomic E-state index is 0.101. The normalized spacial score (nSPS) is 24.6. The van der Waals surface area contributed by atoms with E-state index in [0.717, 1.165) is 12.8 Å². The van der Waals surface area contributed by atoms with Gasteiger partial charge in [0.05, 0.1) is 17.9 Å². The van der Waals surface area contributed by atoms with E-state index < -0.39 is 11.6 Å². The van der Waals surface area contributed by atoms with Crippen molar-refractivity contribution < 1.29 is 14.6 Å². The van der Waals surface area contributed by atoms with Crippen molar-refractivity contribution in [2.45, 2.75) is 58.3 Å². The number of ether oxygens (including phenoxy) is 1. The van der Waals surface area contributed by atoms with E-state index in [1.54, 1.807) is 20.8 Å². The van der Waals surface area contributed by atoms with Crippen LogP contribution in [0.5, 0.6) is 0 Å². The topological polar surface area (TPSA) is 70.9 Å². The Balaban J connectivity index is 2.84. The fourth-order valence-electron chi connectivity index (χ4n) is 1.89. The fraction of sp³-hybridized carbons (Fsp3) is 0.833. The van der Waals surface area contributed by atoms with Crippen LogP contribution in [0.2, 0.25) is 0 Å². The Labute approximate surface area is 102 Å². The summed E-state index contributed by atoms with van der Waals surface area (Å²) in [6, 6.07) is -0.619. The van der Waals surface area contributed by atoms with Crippen molar-refractivity contribution in [2.75, 3.05) is 6.61 Å². The highest BCUT2D eigenvalue weighted by molar-refractivity contribution is 6.11. The average molecular weight is 242 g/mol. The van der Waals surface area contributed by atoms with Gasteiger partial charge >= 0.3 is 5.97 Å². The van der Waals surface area contributed by atoms with Crippen molar-refractivity contribution in [3.63, 3.8) is 0 Å². The Morgan fingerprint density at radius 1 is 1.53 bits per heavy atom. The number of aliphatic hydroxyl groups is 1. The molecular formula is C12H22N2O3. The largest absolute Gasteiger partial charge is 0.465 e. The number of nitrogens with zero attached hydrogens (tertiary/aromatic N) is 1. The third-order valence-corrected chi connectivity index (χ3v) is 2.64. The molecule has 0 aromatic rings. The van der Waals surface area contributed by atoms with Gasteiger partial charge < -0.3 is 9.84 Å². The smallest absolute Gasteiger partial charge is 0.329 e. The van der Waals surface area contributed by atoms with Crippen molar-refractivity contribution >= 4 is 11.7 Å². The summed E-state index contributed by atoms with van der Waals surface area (Å²) in [4.78, 5) is 16.2. The Hall–Kier alpha value is -0.940. The molecule has 1 aliphatic heterocycles. The maximum Gasteiger partial charge on any atom is 0.329 e. The molecule has 2 N–H and O–H groups in total. The lowest BCUT2D eigenvalue weighted by Crippen LogP contribution is -2.49. The lowest BCUT2D eigenvalue weighted by molar-refractivity contribution is -0.143. The molecule has 0 spiro atoms. The van der Waals surface area contributed by atoms with Crippen LogP contribution in [0.15, 0.2) is 4.99 Å². The number of hydrogen-bond donors (Lipinski definition) is 2. The quantitative estimate of drug-likeness (QED) is 0.701. The zero-order valence-corrected chi connectivity index (χ0v) is 11.0. The summed E-state index contributed by atoms with van der Waals surface area (Å²) < 4.78 is 4.98. The van der Waals surface area contributed by atoms with Gasteiger partial charge in [0, 0.05) is 0 Å². The van der Waals surface area contributed by atoms with Gasteiger partial charge in [0.25, 0.3) is 0 Å². The minimum Gasteiger partial charge on any atom is -0.465 e. The maximum atomic E-state index is 11.8. The molecule has 1 aliphatic rings. The molecule has 98 valence electrons. The lowest BCUT2D eigenvalue weighted by atomic mass is 9.97. The molecule has 0 fully saturated rings. The standard InChI is InChI=1S/C12H22N2O3/c1-5-7-8-13-9(11(15)17-6-2)10(14-8)12(3,4)16/h8-9,13,16H,5-7H2,1-4H3/t8-,9+/m0/s1. The first-order valence-electron chi connectivity index (χ1n) is 6.13. The maximum absolute atomic E-state index is 11.8. The van der Waals surface area contributed by atoms with Gasteiger partial charge in [-0.05, 0) is 27.2 Å². The van der Waals surface area contributed by atoms with Gasteiger partial charge in [0.2, 0.25) is 0 Å². The van der Waals surface area contributed by atoms with Gasteiger partial charge in [0.15, 0.2) is 0 Å². The molecular weight excluding hydrogens is 220 g/mol. The second-order valence-electron chi connectivity index (χ2n) is 4.73. The average Bonchev–Trinajstić information content (AvgIpc) is 2.62. The highest BCUT2D eigenvalue weighted by atomic mass is 16.5. The van der Waals surface area contributed by atoms with Crippen LogP contribution in [0.3, 0.4) is 0 Å². The Kier molecular flexibility index (Phi) is 4.65. The third kappa shape index (κ3) is 3.51. The molecule has 0 aliphatic carbocycles. The highest BCUT2D eigenvalue weighted by Gasteiger charge is 2.40. The number of rotatable bonds is 5. The second-order valence-corrected chi connectivity index (χ2v) is 4.73. The summed E-state index contributed by atoms with van der Waals surface area (Å²) in [5.41, 5.74) is -0.637. The first kappa shape index (κ1) is 14.1. The van der Waals surface area contributed by atoms with Crippen molar-refractivity contribution in [3.05, 3.63) is 0 Å². The van der Waals surface area contributed by atoms with Crippen LogP contribution < -0.4 is 5.32 Å². The second kappa shape index (κ2) is 5.60. The Morgan fingerprint density at radius 3 is 2.65 bits per heavy atom. The van der Waals surface area contributed by atoms with Crippen molar-refractivity contribution in [1.82, 2.24) is 5.32 Å². The van der Waals surface area contributed by atoms with Crippen LogP contribution in [0.4, 0.5) is 0 Å². The number of carbonyl (C=O) groups is 1. The number of aliphatic imine (C=N–C) groups is 1. The summed E-state index contributed by atoms with van der Waals surface area (Å²) in [5.74, 6) is -0.369. The molecule has 17 heavy (non-hydrogen) atoms. The van der Waals surface area contributed by atoms with Crippen LogP contribution in [-0.4, -0.2) is 41.2 Å². The predicted molar refractivity (Wildman–Crippen MR) is 66.0 cm³/mol. The van der Waals surface area contributed by atoms with E-state index in [4.69, 9.17) is 4.74 Å². The zero-order valence-electron chi connectivity index (χ0n) is 11.0. The summed E-state index contributed by atoms with van der Waals surface area (Å²) in [6.07, 6.45) is 1.71. The van der Waals surface area contributed by atoms with Crippen molar-refractivity contribution in [1.29, 1.82) is 0 Å². The summed E-state index contributed by atoms with van der Waals surface area (Å²) >= 11 is 0.